The third-order valence-corrected chi connectivity index (χ3v) is 15.7. The minimum atomic E-state index is -3.82. The second-order valence-corrected chi connectivity index (χ2v) is 21.0. The molecule has 4 aliphatic rings. The summed E-state index contributed by atoms with van der Waals surface area (Å²) in [4.78, 5) is 17.9. The molecule has 2 aromatic rings. The number of nitrogens with zero attached hydrogens (tertiary/aromatic N) is 2. The fraction of sp³-hybridized carbons (Fsp3) is 0.634. The maximum absolute atomic E-state index is 13.4. The summed E-state index contributed by atoms with van der Waals surface area (Å²) in [5, 5.41) is -0.0319. The van der Waals surface area contributed by atoms with Gasteiger partial charge in [0.2, 0.25) is 10.0 Å². The zero-order valence-corrected chi connectivity index (χ0v) is 34.6. The van der Waals surface area contributed by atoms with Crippen LogP contribution in [0.3, 0.4) is 0 Å². The van der Waals surface area contributed by atoms with Gasteiger partial charge in [-0.15, -0.1) is 0 Å². The predicted molar refractivity (Wildman–Crippen MR) is 215 cm³/mol. The first kappa shape index (κ1) is 40.8. The number of benzene rings is 2. The lowest BCUT2D eigenvalue weighted by Gasteiger charge is -2.49. The molecule has 2 heterocycles. The molecule has 2 aliphatic heterocycles. The molecule has 54 heavy (non-hydrogen) atoms. The van der Waals surface area contributed by atoms with Crippen LogP contribution in [0.4, 0.5) is 5.69 Å². The number of carbonyl (C=O) groups is 1. The molecule has 1 saturated heterocycles. The van der Waals surface area contributed by atoms with Crippen LogP contribution in [0.15, 0.2) is 36.4 Å². The Morgan fingerprint density at radius 1 is 1.17 bits per heavy atom. The van der Waals surface area contributed by atoms with Crippen molar-refractivity contribution in [3.8, 4) is 17.6 Å². The van der Waals surface area contributed by atoms with E-state index in [1.54, 1.807) is 39.2 Å². The van der Waals surface area contributed by atoms with Crippen molar-refractivity contribution in [3.05, 3.63) is 58.1 Å². The number of amides is 1. The molecule has 0 bridgehead atoms. The topological polar surface area (TPSA) is 122 Å². The summed E-state index contributed by atoms with van der Waals surface area (Å²) in [5.41, 5.74) is 2.59. The number of nitrogens with one attached hydrogen (secondary N) is 1. The number of aryl methyl sites for hydroxylation is 1. The SMILES string of the molecule is CCCC[C@](C#CCCN1CCS(=O)(=O)CC1)(OC)[C@@H]1CC[C@H]1CN1C[C@@]2(CCCc3cc(Cl)ccc32)COc2ccc(C(=O)NS(=O)(=O)C(C)C)cc21. The lowest BCUT2D eigenvalue weighted by atomic mass is 9.63. The highest BCUT2D eigenvalue weighted by Gasteiger charge is 2.49. The monoisotopic (exact) mass is 801 g/mol. The Bertz CT molecular complexity index is 1960. The molecule has 0 aromatic heterocycles. The number of hydrogen-bond donors (Lipinski definition) is 1. The van der Waals surface area contributed by atoms with Crippen molar-refractivity contribution in [1.82, 2.24) is 9.62 Å². The van der Waals surface area contributed by atoms with E-state index in [1.165, 1.54) is 11.1 Å². The molecule has 1 spiro atoms. The molecule has 0 radical (unpaired) electrons. The van der Waals surface area contributed by atoms with E-state index >= 15 is 0 Å². The van der Waals surface area contributed by atoms with Crippen LogP contribution in [0.2, 0.25) is 5.02 Å². The fourth-order valence-corrected chi connectivity index (χ4v) is 10.8. The number of fused-ring (bicyclic) bond motifs is 3. The number of sulfone groups is 1. The maximum Gasteiger partial charge on any atom is 0.264 e. The maximum atomic E-state index is 13.4. The Kier molecular flexibility index (Phi) is 12.6. The van der Waals surface area contributed by atoms with Gasteiger partial charge in [0, 0.05) is 68.2 Å². The number of anilines is 1. The average molecular weight is 803 g/mol. The summed E-state index contributed by atoms with van der Waals surface area (Å²) < 4.78 is 64.5. The number of hydrogen-bond acceptors (Lipinski definition) is 9. The smallest absolute Gasteiger partial charge is 0.264 e. The van der Waals surface area contributed by atoms with E-state index in [0.717, 1.165) is 68.6 Å². The number of rotatable bonds is 12. The number of carbonyl (C=O) groups excluding carboxylic acids is 1. The van der Waals surface area contributed by atoms with Gasteiger partial charge in [-0.05, 0) is 106 Å². The van der Waals surface area contributed by atoms with E-state index in [1.807, 2.05) is 6.07 Å². The van der Waals surface area contributed by atoms with Crippen LogP contribution in [-0.2, 0) is 36.4 Å². The zero-order valence-electron chi connectivity index (χ0n) is 32.2. The van der Waals surface area contributed by atoms with Gasteiger partial charge in [-0.3, -0.25) is 4.79 Å². The molecule has 4 atom stereocenters. The van der Waals surface area contributed by atoms with Crippen LogP contribution in [0.1, 0.15) is 93.6 Å². The van der Waals surface area contributed by atoms with Gasteiger partial charge in [0.05, 0.1) is 29.0 Å². The largest absolute Gasteiger partial charge is 0.490 e. The van der Waals surface area contributed by atoms with E-state index in [2.05, 4.69) is 45.4 Å². The summed E-state index contributed by atoms with van der Waals surface area (Å²) in [7, 11) is -4.98. The molecule has 2 aliphatic carbocycles. The summed E-state index contributed by atoms with van der Waals surface area (Å²) in [6, 6.07) is 11.4. The third-order valence-electron chi connectivity index (χ3n) is 12.2. The minimum Gasteiger partial charge on any atom is -0.490 e. The molecule has 13 heteroatoms. The first-order valence-corrected chi connectivity index (χ1v) is 23.3. The van der Waals surface area contributed by atoms with Gasteiger partial charge in [0.15, 0.2) is 9.84 Å². The number of sulfonamides is 1. The normalized spacial score (nSPS) is 24.9. The second kappa shape index (κ2) is 16.7. The first-order chi connectivity index (χ1) is 25.7. The summed E-state index contributed by atoms with van der Waals surface area (Å²) in [5.74, 6) is 7.93. The van der Waals surface area contributed by atoms with Crippen LogP contribution in [-0.4, -0.2) is 96.4 Å². The molecule has 296 valence electrons. The fourth-order valence-electron chi connectivity index (χ4n) is 8.73. The number of unbranched alkanes of at least 4 members (excludes halogenated alkanes) is 1. The zero-order chi connectivity index (χ0) is 38.7. The minimum absolute atomic E-state index is 0.186. The Morgan fingerprint density at radius 2 is 1.94 bits per heavy atom. The molecule has 2 fully saturated rings. The molecular formula is C41H56ClN3O7S2. The summed E-state index contributed by atoms with van der Waals surface area (Å²) >= 11 is 6.48. The van der Waals surface area contributed by atoms with E-state index in [9.17, 15) is 21.6 Å². The molecular weight excluding hydrogens is 746 g/mol. The Morgan fingerprint density at radius 3 is 2.63 bits per heavy atom. The molecule has 6 rings (SSSR count). The first-order valence-electron chi connectivity index (χ1n) is 19.5. The van der Waals surface area contributed by atoms with Crippen LogP contribution in [0, 0.1) is 23.7 Å². The average Bonchev–Trinajstić information content (AvgIpc) is 3.27. The highest BCUT2D eigenvalue weighted by molar-refractivity contribution is 7.91. The van der Waals surface area contributed by atoms with Crippen LogP contribution in [0.5, 0.6) is 5.75 Å². The standard InChI is InChI=1S/C41H56ClN3O7S2/c1-5-6-18-41(51-4,19-7-8-20-44-21-23-53(47,48)24-22-44)36-14-11-33(36)27-45-28-40(17-9-10-31-25-34(42)13-15-35(31)40)29-52-38-16-12-32(26-37(38)45)39(46)43-54(49,50)30(2)3/h12-13,15-16,25-26,30,33,36H,5-6,8-11,14,17-18,20-24,27-29H2,1-4H3,(H,43,46)/t33-,36+,40-,41+/m0/s1. The Labute approximate surface area is 327 Å². The van der Waals surface area contributed by atoms with Crippen LogP contribution >= 0.6 is 11.6 Å². The van der Waals surface area contributed by atoms with Gasteiger partial charge in [-0.25, -0.2) is 21.6 Å². The van der Waals surface area contributed by atoms with E-state index < -0.39 is 36.6 Å². The van der Waals surface area contributed by atoms with Crippen LogP contribution in [0.25, 0.3) is 0 Å². The van der Waals surface area contributed by atoms with E-state index in [4.69, 9.17) is 21.1 Å². The Hall–Kier alpha value is -2.82. The van der Waals surface area contributed by atoms with E-state index in [-0.39, 0.29) is 34.3 Å². The summed E-state index contributed by atoms with van der Waals surface area (Å²) in [6.45, 7) is 8.94. The molecule has 1 amide bonds. The van der Waals surface area contributed by atoms with Gasteiger partial charge < -0.3 is 19.3 Å². The van der Waals surface area contributed by atoms with Crippen molar-refractivity contribution in [1.29, 1.82) is 0 Å². The van der Waals surface area contributed by atoms with E-state index in [0.29, 0.717) is 45.0 Å². The predicted octanol–water partition coefficient (Wildman–Crippen LogP) is 6.01. The van der Waals surface area contributed by atoms with Gasteiger partial charge in [0.25, 0.3) is 5.91 Å². The van der Waals surface area contributed by atoms with Gasteiger partial charge in [0.1, 0.15) is 11.4 Å². The quantitative estimate of drug-likeness (QED) is 0.258. The van der Waals surface area contributed by atoms with Gasteiger partial charge in [-0.1, -0.05) is 42.9 Å². The highest BCUT2D eigenvalue weighted by Crippen LogP contribution is 2.49. The number of halogens is 1. The molecule has 10 nitrogen and oxygen atoms in total. The van der Waals surface area contributed by atoms with Crippen molar-refractivity contribution >= 4 is 43.1 Å². The molecule has 1 saturated carbocycles. The highest BCUT2D eigenvalue weighted by atomic mass is 35.5. The number of methoxy groups -OCH3 is 1. The van der Waals surface area contributed by atoms with Crippen molar-refractivity contribution in [3.63, 3.8) is 0 Å². The van der Waals surface area contributed by atoms with Crippen molar-refractivity contribution in [2.45, 2.75) is 94.8 Å². The molecule has 1 N–H and O–H groups in total. The molecule has 0 unspecified atom stereocenters. The van der Waals surface area contributed by atoms with Gasteiger partial charge >= 0.3 is 0 Å². The third kappa shape index (κ3) is 8.91. The van der Waals surface area contributed by atoms with Gasteiger partial charge in [-0.2, -0.15) is 0 Å². The molecule has 2 aromatic carbocycles. The Balaban J connectivity index is 1.30. The second-order valence-electron chi connectivity index (χ2n) is 16.0. The summed E-state index contributed by atoms with van der Waals surface area (Å²) in [6.07, 6.45) is 8.35. The van der Waals surface area contributed by atoms with Crippen LogP contribution < -0.4 is 14.4 Å². The number of ether oxygens (including phenoxy) is 2. The van der Waals surface area contributed by atoms with Crippen molar-refractivity contribution in [2.24, 2.45) is 11.8 Å². The lowest BCUT2D eigenvalue weighted by Crippen LogP contribution is -2.53. The lowest BCUT2D eigenvalue weighted by molar-refractivity contribution is -0.0738. The van der Waals surface area contributed by atoms with Crippen molar-refractivity contribution < 1.29 is 31.1 Å². The van der Waals surface area contributed by atoms with Crippen molar-refractivity contribution in [2.75, 3.05) is 62.8 Å².